The summed E-state index contributed by atoms with van der Waals surface area (Å²) in [7, 11) is 3.88. The number of hydrogen-bond acceptors (Lipinski definition) is 6. The number of aromatic nitrogens is 2. The summed E-state index contributed by atoms with van der Waals surface area (Å²) in [6.07, 6.45) is 0. The molecule has 0 amide bonds. The smallest absolute Gasteiger partial charge is 0.165 e. The number of phenolic OH excluding ortho intramolecular Hbond substituents is 1. The van der Waals surface area contributed by atoms with Crippen molar-refractivity contribution in [1.29, 1.82) is 5.26 Å². The van der Waals surface area contributed by atoms with Gasteiger partial charge in [0.15, 0.2) is 5.82 Å². The Morgan fingerprint density at radius 2 is 1.88 bits per heavy atom. The van der Waals surface area contributed by atoms with Gasteiger partial charge in [0.05, 0.1) is 11.3 Å². The number of nitrogens with zero attached hydrogens (tertiary/aromatic N) is 4. The molecular weight excluding hydrogens is 326 g/mol. The molecule has 3 aromatic rings. The molecule has 0 atom stereocenters. The van der Waals surface area contributed by atoms with E-state index in [1.54, 1.807) is 18.2 Å². The Morgan fingerprint density at radius 1 is 1.12 bits per heavy atom. The van der Waals surface area contributed by atoms with Crippen molar-refractivity contribution in [1.82, 2.24) is 9.97 Å². The lowest BCUT2D eigenvalue weighted by Gasteiger charge is -2.15. The van der Waals surface area contributed by atoms with Crippen LogP contribution in [-0.2, 0) is 0 Å². The van der Waals surface area contributed by atoms with Crippen LogP contribution in [0.1, 0.15) is 11.1 Å². The third-order valence-corrected chi connectivity index (χ3v) is 4.08. The lowest BCUT2D eigenvalue weighted by atomic mass is 10.0. The van der Waals surface area contributed by atoms with E-state index in [9.17, 15) is 10.4 Å². The first-order valence-electron chi connectivity index (χ1n) is 8.06. The SMILES string of the molecule is Cc1ccc(O)c(-c2nc(N)c(C#N)c(-c3cccc(N(C)C)c3)n2)c1. The van der Waals surface area contributed by atoms with Crippen LogP contribution in [0.25, 0.3) is 22.6 Å². The minimum absolute atomic E-state index is 0.0627. The molecule has 0 aliphatic rings. The quantitative estimate of drug-likeness (QED) is 0.755. The van der Waals surface area contributed by atoms with E-state index in [1.807, 2.05) is 50.2 Å². The molecule has 2 aromatic carbocycles. The van der Waals surface area contributed by atoms with E-state index in [2.05, 4.69) is 16.0 Å². The summed E-state index contributed by atoms with van der Waals surface area (Å²) < 4.78 is 0. The Balaban J connectivity index is 2.25. The number of nitrogen functional groups attached to an aromatic ring is 1. The molecule has 130 valence electrons. The minimum Gasteiger partial charge on any atom is -0.507 e. The summed E-state index contributed by atoms with van der Waals surface area (Å²) in [5.41, 5.74) is 9.86. The number of nitrogens with two attached hydrogens (primary N) is 1. The van der Waals surface area contributed by atoms with Crippen LogP contribution in [0.3, 0.4) is 0 Å². The molecule has 0 aliphatic carbocycles. The van der Waals surface area contributed by atoms with Crippen LogP contribution in [0.5, 0.6) is 5.75 Å². The molecule has 26 heavy (non-hydrogen) atoms. The molecule has 0 unspecified atom stereocenters. The highest BCUT2D eigenvalue weighted by Crippen LogP contribution is 2.33. The van der Waals surface area contributed by atoms with Gasteiger partial charge in [0.2, 0.25) is 0 Å². The van der Waals surface area contributed by atoms with Gasteiger partial charge in [-0.15, -0.1) is 0 Å². The van der Waals surface area contributed by atoms with Crippen molar-refractivity contribution in [2.45, 2.75) is 6.92 Å². The van der Waals surface area contributed by atoms with E-state index in [1.165, 1.54) is 0 Å². The number of hydrogen-bond donors (Lipinski definition) is 2. The normalized spacial score (nSPS) is 10.4. The molecular formula is C20H19N5O. The second kappa shape index (κ2) is 6.73. The van der Waals surface area contributed by atoms with E-state index in [0.29, 0.717) is 11.3 Å². The molecule has 0 saturated heterocycles. The zero-order valence-corrected chi connectivity index (χ0v) is 14.9. The van der Waals surface area contributed by atoms with Gasteiger partial charge in [0.1, 0.15) is 23.2 Å². The third-order valence-electron chi connectivity index (χ3n) is 4.08. The van der Waals surface area contributed by atoms with E-state index in [-0.39, 0.29) is 23.0 Å². The van der Waals surface area contributed by atoms with Gasteiger partial charge < -0.3 is 15.7 Å². The third kappa shape index (κ3) is 3.15. The number of anilines is 2. The summed E-state index contributed by atoms with van der Waals surface area (Å²) in [6, 6.07) is 14.9. The molecule has 3 rings (SSSR count). The predicted molar refractivity (Wildman–Crippen MR) is 103 cm³/mol. The van der Waals surface area contributed by atoms with Crippen LogP contribution in [0, 0.1) is 18.3 Å². The van der Waals surface area contributed by atoms with E-state index in [4.69, 9.17) is 5.73 Å². The molecule has 3 N–H and O–H groups in total. The standard InChI is InChI=1S/C20H19N5O/c1-12-7-8-17(26)15(9-12)20-23-18(16(11-21)19(22)24-20)13-5-4-6-14(10-13)25(2)3/h4-10,26H,1-3H3,(H2,22,23,24). The number of rotatable bonds is 3. The first-order valence-corrected chi connectivity index (χ1v) is 8.06. The zero-order chi connectivity index (χ0) is 18.8. The highest BCUT2D eigenvalue weighted by molar-refractivity contribution is 5.77. The topological polar surface area (TPSA) is 99.1 Å². The maximum atomic E-state index is 10.2. The first kappa shape index (κ1) is 17.2. The monoisotopic (exact) mass is 345 g/mol. The number of phenols is 1. The van der Waals surface area contributed by atoms with Crippen LogP contribution in [0.15, 0.2) is 42.5 Å². The highest BCUT2D eigenvalue weighted by atomic mass is 16.3. The van der Waals surface area contributed by atoms with Crippen LogP contribution >= 0.6 is 0 Å². The summed E-state index contributed by atoms with van der Waals surface area (Å²) in [5.74, 6) is 0.435. The average Bonchev–Trinajstić information content (AvgIpc) is 2.63. The maximum Gasteiger partial charge on any atom is 0.165 e. The van der Waals surface area contributed by atoms with E-state index < -0.39 is 0 Å². The van der Waals surface area contributed by atoms with Gasteiger partial charge in [-0.05, 0) is 31.2 Å². The molecule has 1 aromatic heterocycles. The predicted octanol–water partition coefficient (Wildman–Crippen LogP) is 3.34. The van der Waals surface area contributed by atoms with Gasteiger partial charge >= 0.3 is 0 Å². The Kier molecular flexibility index (Phi) is 4.46. The fourth-order valence-corrected chi connectivity index (χ4v) is 2.68. The van der Waals surface area contributed by atoms with Gasteiger partial charge in [-0.1, -0.05) is 23.8 Å². The second-order valence-corrected chi connectivity index (χ2v) is 6.23. The Morgan fingerprint density at radius 3 is 2.58 bits per heavy atom. The average molecular weight is 345 g/mol. The fourth-order valence-electron chi connectivity index (χ4n) is 2.68. The Bertz CT molecular complexity index is 1020. The van der Waals surface area contributed by atoms with Crippen molar-refractivity contribution >= 4 is 11.5 Å². The van der Waals surface area contributed by atoms with Gasteiger partial charge in [-0.25, -0.2) is 9.97 Å². The molecule has 0 bridgehead atoms. The first-order chi connectivity index (χ1) is 12.4. The summed E-state index contributed by atoms with van der Waals surface area (Å²) >= 11 is 0. The number of aryl methyl sites for hydroxylation is 1. The number of nitriles is 1. The lowest BCUT2D eigenvalue weighted by Crippen LogP contribution is -2.08. The van der Waals surface area contributed by atoms with Crippen LogP contribution in [0.4, 0.5) is 11.5 Å². The molecule has 0 aliphatic heterocycles. The molecule has 6 heteroatoms. The summed E-state index contributed by atoms with van der Waals surface area (Å²) in [4.78, 5) is 10.8. The van der Waals surface area contributed by atoms with Crippen molar-refractivity contribution in [3.63, 3.8) is 0 Å². The van der Waals surface area contributed by atoms with Crippen molar-refractivity contribution in [3.05, 3.63) is 53.6 Å². The van der Waals surface area contributed by atoms with Crippen molar-refractivity contribution in [2.75, 3.05) is 24.7 Å². The largest absolute Gasteiger partial charge is 0.507 e. The molecule has 1 heterocycles. The van der Waals surface area contributed by atoms with Crippen molar-refractivity contribution in [2.24, 2.45) is 0 Å². The Labute approximate surface area is 152 Å². The summed E-state index contributed by atoms with van der Waals surface area (Å²) in [6.45, 7) is 1.91. The van der Waals surface area contributed by atoms with Crippen LogP contribution in [0.2, 0.25) is 0 Å². The summed E-state index contributed by atoms with van der Waals surface area (Å²) in [5, 5.41) is 19.7. The molecule has 0 fully saturated rings. The van der Waals surface area contributed by atoms with E-state index >= 15 is 0 Å². The minimum atomic E-state index is 0.0627. The molecule has 0 radical (unpaired) electrons. The van der Waals surface area contributed by atoms with Crippen molar-refractivity contribution < 1.29 is 5.11 Å². The zero-order valence-electron chi connectivity index (χ0n) is 14.9. The van der Waals surface area contributed by atoms with Gasteiger partial charge in [-0.2, -0.15) is 5.26 Å². The second-order valence-electron chi connectivity index (χ2n) is 6.23. The van der Waals surface area contributed by atoms with Gasteiger partial charge in [-0.3, -0.25) is 0 Å². The Hall–Kier alpha value is -3.59. The highest BCUT2D eigenvalue weighted by Gasteiger charge is 2.17. The van der Waals surface area contributed by atoms with E-state index in [0.717, 1.165) is 16.8 Å². The number of aromatic hydroxyl groups is 1. The number of benzene rings is 2. The maximum absolute atomic E-state index is 10.2. The molecule has 6 nitrogen and oxygen atoms in total. The lowest BCUT2D eigenvalue weighted by molar-refractivity contribution is 0.477. The van der Waals surface area contributed by atoms with Gasteiger partial charge in [0, 0.05) is 25.3 Å². The molecule has 0 spiro atoms. The van der Waals surface area contributed by atoms with Gasteiger partial charge in [0.25, 0.3) is 0 Å². The van der Waals surface area contributed by atoms with Crippen LogP contribution < -0.4 is 10.6 Å². The van der Waals surface area contributed by atoms with Crippen LogP contribution in [-0.4, -0.2) is 29.2 Å². The molecule has 0 saturated carbocycles. The van der Waals surface area contributed by atoms with Crippen molar-refractivity contribution in [3.8, 4) is 34.5 Å². The fraction of sp³-hybridized carbons (Fsp3) is 0.150.